The van der Waals surface area contributed by atoms with Gasteiger partial charge in [-0.25, -0.2) is 0 Å². The Morgan fingerprint density at radius 2 is 1.86 bits per heavy atom. The zero-order valence-corrected chi connectivity index (χ0v) is 9.51. The molecule has 0 spiro atoms. The van der Waals surface area contributed by atoms with E-state index in [1.54, 1.807) is 0 Å². The lowest BCUT2D eigenvalue weighted by Crippen LogP contribution is -1.92. The quantitative estimate of drug-likeness (QED) is 0.646. The molecule has 0 saturated carbocycles. The van der Waals surface area contributed by atoms with Crippen LogP contribution in [0, 0.1) is 0 Å². The van der Waals surface area contributed by atoms with Gasteiger partial charge in [-0.3, -0.25) is 0 Å². The van der Waals surface area contributed by atoms with Crippen LogP contribution in [0.2, 0.25) is 0 Å². The van der Waals surface area contributed by atoms with Gasteiger partial charge in [0.15, 0.2) is 0 Å². The van der Waals surface area contributed by atoms with Crippen LogP contribution < -0.4 is 0 Å². The summed E-state index contributed by atoms with van der Waals surface area (Å²) in [6.07, 6.45) is 2.52. The van der Waals surface area contributed by atoms with Crippen molar-refractivity contribution in [3.05, 3.63) is 42.0 Å². The molecular weight excluding hydrogens is 168 g/mol. The molecule has 0 aliphatic carbocycles. The van der Waals surface area contributed by atoms with Crippen molar-refractivity contribution >= 4 is 5.57 Å². The highest BCUT2D eigenvalue weighted by molar-refractivity contribution is 5.61. The Balaban J connectivity index is 2.77. The maximum atomic E-state index is 3.94. The minimum atomic E-state index is 0.680. The highest BCUT2D eigenvalue weighted by Crippen LogP contribution is 2.22. The van der Waals surface area contributed by atoms with Crippen LogP contribution in [0.25, 0.3) is 5.57 Å². The molecule has 14 heavy (non-hydrogen) atoms. The van der Waals surface area contributed by atoms with Crippen LogP contribution in [0.1, 0.15) is 50.7 Å². The van der Waals surface area contributed by atoms with E-state index in [0.717, 1.165) is 5.57 Å². The molecule has 0 radical (unpaired) electrons. The van der Waals surface area contributed by atoms with Gasteiger partial charge in [-0.1, -0.05) is 56.7 Å². The predicted molar refractivity (Wildman–Crippen MR) is 64.5 cm³/mol. The van der Waals surface area contributed by atoms with E-state index in [9.17, 15) is 0 Å². The topological polar surface area (TPSA) is 0 Å². The van der Waals surface area contributed by atoms with Gasteiger partial charge in [0.25, 0.3) is 0 Å². The first-order chi connectivity index (χ1) is 6.65. The second-order valence-corrected chi connectivity index (χ2v) is 4.09. The van der Waals surface area contributed by atoms with E-state index in [0.29, 0.717) is 5.92 Å². The number of allylic oxidation sites excluding steroid dienone is 1. The molecule has 0 aromatic heterocycles. The maximum absolute atomic E-state index is 3.94. The Labute approximate surface area is 87.7 Å². The Hall–Kier alpha value is -1.04. The van der Waals surface area contributed by atoms with Crippen molar-refractivity contribution in [2.75, 3.05) is 0 Å². The van der Waals surface area contributed by atoms with Crippen LogP contribution in [0.15, 0.2) is 30.8 Å². The summed E-state index contributed by atoms with van der Waals surface area (Å²) < 4.78 is 0. The molecule has 0 nitrogen and oxygen atoms in total. The van der Waals surface area contributed by atoms with Crippen molar-refractivity contribution < 1.29 is 0 Å². The number of hydrogen-bond acceptors (Lipinski definition) is 0. The Kier molecular flexibility index (Phi) is 3.94. The zero-order valence-electron chi connectivity index (χ0n) is 9.51. The first kappa shape index (κ1) is 11.0. The summed E-state index contributed by atoms with van der Waals surface area (Å²) in [6, 6.07) is 8.79. The Morgan fingerprint density at radius 3 is 2.29 bits per heavy atom. The third-order valence-corrected chi connectivity index (χ3v) is 2.69. The fraction of sp³-hybridized carbons (Fsp3) is 0.429. The van der Waals surface area contributed by atoms with Crippen molar-refractivity contribution in [2.24, 2.45) is 0 Å². The molecule has 0 saturated heterocycles. The van der Waals surface area contributed by atoms with Crippen LogP contribution in [0.5, 0.6) is 0 Å². The molecule has 0 amide bonds. The predicted octanol–water partition coefficient (Wildman–Crippen LogP) is 4.62. The lowest BCUT2D eigenvalue weighted by molar-refractivity contribution is 0.665. The first-order valence-corrected chi connectivity index (χ1v) is 5.41. The van der Waals surface area contributed by atoms with E-state index in [2.05, 4.69) is 44.7 Å². The molecule has 0 heteroatoms. The van der Waals surface area contributed by atoms with E-state index >= 15 is 0 Å². The van der Waals surface area contributed by atoms with Crippen LogP contribution in [0.4, 0.5) is 0 Å². The molecule has 0 fully saturated rings. The smallest absolute Gasteiger partial charge is 0.0190 e. The van der Waals surface area contributed by atoms with E-state index in [1.807, 2.05) is 6.92 Å². The van der Waals surface area contributed by atoms with Crippen molar-refractivity contribution in [2.45, 2.75) is 39.5 Å². The third-order valence-electron chi connectivity index (χ3n) is 2.69. The van der Waals surface area contributed by atoms with E-state index < -0.39 is 0 Å². The van der Waals surface area contributed by atoms with Crippen LogP contribution >= 0.6 is 0 Å². The van der Waals surface area contributed by atoms with Gasteiger partial charge in [0.05, 0.1) is 0 Å². The fourth-order valence-electron chi connectivity index (χ4n) is 1.70. The second kappa shape index (κ2) is 4.99. The number of benzene rings is 1. The second-order valence-electron chi connectivity index (χ2n) is 4.09. The summed E-state index contributed by atoms with van der Waals surface area (Å²) in [5.41, 5.74) is 3.83. The van der Waals surface area contributed by atoms with Gasteiger partial charge < -0.3 is 0 Å². The number of hydrogen-bond donors (Lipinski definition) is 0. The molecule has 1 rings (SSSR count). The van der Waals surface area contributed by atoms with Gasteiger partial charge in [-0.15, -0.1) is 0 Å². The average molecular weight is 188 g/mol. The summed E-state index contributed by atoms with van der Waals surface area (Å²) in [6.45, 7) is 10.5. The van der Waals surface area contributed by atoms with Crippen LogP contribution in [-0.4, -0.2) is 0 Å². The van der Waals surface area contributed by atoms with Crippen molar-refractivity contribution in [3.8, 4) is 0 Å². The van der Waals surface area contributed by atoms with Gasteiger partial charge in [0, 0.05) is 0 Å². The standard InChI is InChI=1S/C14H20/c1-5-6-12(4)14-9-7-13(8-10-14)11(2)3/h7-10,12H,2,5-6H2,1,3-4H3. The zero-order chi connectivity index (χ0) is 10.6. The lowest BCUT2D eigenvalue weighted by atomic mass is 9.95. The number of rotatable bonds is 4. The summed E-state index contributed by atoms with van der Waals surface area (Å²) in [5, 5.41) is 0. The molecule has 0 heterocycles. The summed E-state index contributed by atoms with van der Waals surface area (Å²) in [5.74, 6) is 0.680. The minimum absolute atomic E-state index is 0.680. The lowest BCUT2D eigenvalue weighted by Gasteiger charge is -2.11. The molecule has 1 unspecified atom stereocenters. The maximum Gasteiger partial charge on any atom is -0.0190 e. The summed E-state index contributed by atoms with van der Waals surface area (Å²) in [4.78, 5) is 0. The highest BCUT2D eigenvalue weighted by Gasteiger charge is 2.03. The summed E-state index contributed by atoms with van der Waals surface area (Å²) >= 11 is 0. The highest BCUT2D eigenvalue weighted by atomic mass is 14.1. The molecule has 0 aliphatic heterocycles. The van der Waals surface area contributed by atoms with Crippen molar-refractivity contribution in [1.82, 2.24) is 0 Å². The van der Waals surface area contributed by atoms with Gasteiger partial charge in [0.2, 0.25) is 0 Å². The minimum Gasteiger partial charge on any atom is -0.0955 e. The SMILES string of the molecule is C=C(C)c1ccc(C(C)CCC)cc1. The molecule has 0 aliphatic rings. The van der Waals surface area contributed by atoms with E-state index in [-0.39, 0.29) is 0 Å². The molecule has 0 N–H and O–H groups in total. The van der Waals surface area contributed by atoms with E-state index in [1.165, 1.54) is 24.0 Å². The van der Waals surface area contributed by atoms with Crippen molar-refractivity contribution in [1.29, 1.82) is 0 Å². The van der Waals surface area contributed by atoms with E-state index in [4.69, 9.17) is 0 Å². The van der Waals surface area contributed by atoms with Gasteiger partial charge >= 0.3 is 0 Å². The monoisotopic (exact) mass is 188 g/mol. The van der Waals surface area contributed by atoms with Crippen LogP contribution in [0.3, 0.4) is 0 Å². The average Bonchev–Trinajstić information content (AvgIpc) is 2.18. The fourth-order valence-corrected chi connectivity index (χ4v) is 1.70. The van der Waals surface area contributed by atoms with Gasteiger partial charge in [0.1, 0.15) is 0 Å². The molecule has 1 aromatic rings. The molecular formula is C14H20. The third kappa shape index (κ3) is 2.73. The molecule has 1 aromatic carbocycles. The Morgan fingerprint density at radius 1 is 1.29 bits per heavy atom. The molecule has 1 atom stereocenters. The largest absolute Gasteiger partial charge is 0.0955 e. The van der Waals surface area contributed by atoms with Crippen molar-refractivity contribution in [3.63, 3.8) is 0 Å². The Bertz CT molecular complexity index is 292. The van der Waals surface area contributed by atoms with Gasteiger partial charge in [-0.2, -0.15) is 0 Å². The first-order valence-electron chi connectivity index (χ1n) is 5.41. The normalized spacial score (nSPS) is 12.5. The summed E-state index contributed by atoms with van der Waals surface area (Å²) in [7, 11) is 0. The molecule has 76 valence electrons. The molecule has 0 bridgehead atoms. The van der Waals surface area contributed by atoms with Gasteiger partial charge in [-0.05, 0) is 30.4 Å². The van der Waals surface area contributed by atoms with Crippen LogP contribution in [-0.2, 0) is 0 Å².